The zero-order chi connectivity index (χ0) is 21.9. The molecule has 0 bridgehead atoms. The summed E-state index contributed by atoms with van der Waals surface area (Å²) in [5.74, 6) is 2.59. The molecule has 32 heavy (non-hydrogen) atoms. The molecule has 1 atom stereocenters. The van der Waals surface area contributed by atoms with Crippen LogP contribution in [0.1, 0.15) is 29.2 Å². The molecule has 3 aromatic heterocycles. The van der Waals surface area contributed by atoms with E-state index < -0.39 is 0 Å². The quantitative estimate of drug-likeness (QED) is 0.429. The van der Waals surface area contributed by atoms with E-state index in [9.17, 15) is 0 Å². The highest BCUT2D eigenvalue weighted by Gasteiger charge is 2.33. The third-order valence-electron chi connectivity index (χ3n) is 5.26. The van der Waals surface area contributed by atoms with Gasteiger partial charge in [0.25, 0.3) is 0 Å². The number of anilines is 3. The molecule has 1 N–H and O–H groups in total. The second kappa shape index (κ2) is 8.88. The normalized spacial score (nSPS) is 15.3. The van der Waals surface area contributed by atoms with Crippen LogP contribution in [-0.4, -0.2) is 35.2 Å². The lowest BCUT2D eigenvalue weighted by molar-refractivity contribution is 0.311. The van der Waals surface area contributed by atoms with E-state index in [0.717, 1.165) is 30.2 Å². The third-order valence-corrected chi connectivity index (χ3v) is 6.25. The summed E-state index contributed by atoms with van der Waals surface area (Å²) in [6.07, 6.45) is 2.62. The molecule has 4 aromatic rings. The molecule has 0 fully saturated rings. The molecular weight excluding hydrogens is 426 g/mol. The summed E-state index contributed by atoms with van der Waals surface area (Å²) in [5.41, 5.74) is 2.06. The Hall–Kier alpha value is -3.59. The monoisotopic (exact) mass is 449 g/mol. The number of hydrogen-bond donors (Lipinski definition) is 1. The Morgan fingerprint density at radius 3 is 2.78 bits per heavy atom. The lowest BCUT2D eigenvalue weighted by Gasteiger charge is -2.34. The number of nitrogens with one attached hydrogen (secondary N) is 1. The van der Waals surface area contributed by atoms with Crippen molar-refractivity contribution in [3.8, 4) is 11.8 Å². The largest absolute Gasteiger partial charge is 0.497 e. The molecule has 0 spiro atoms. The van der Waals surface area contributed by atoms with Crippen molar-refractivity contribution in [2.24, 2.45) is 0 Å². The Labute approximate surface area is 189 Å². The van der Waals surface area contributed by atoms with Crippen molar-refractivity contribution < 1.29 is 13.9 Å². The van der Waals surface area contributed by atoms with Gasteiger partial charge in [0, 0.05) is 17.1 Å². The summed E-state index contributed by atoms with van der Waals surface area (Å²) in [7, 11) is 1.64. The molecule has 0 saturated carbocycles. The molecule has 0 aliphatic carbocycles. The molecule has 1 aromatic carbocycles. The fourth-order valence-electron chi connectivity index (χ4n) is 3.81. The number of benzene rings is 1. The first-order valence-electron chi connectivity index (χ1n) is 10.4. The molecule has 164 valence electrons. The number of thiophene rings is 1. The Balaban J connectivity index is 1.52. The summed E-state index contributed by atoms with van der Waals surface area (Å²) in [6.45, 7) is 3.13. The van der Waals surface area contributed by atoms with E-state index in [0.29, 0.717) is 18.5 Å². The van der Waals surface area contributed by atoms with Gasteiger partial charge in [0.1, 0.15) is 17.6 Å². The standard InChI is InChI=1S/C23H23N5O3S/c1-3-30-23-26-21(24-15-6-8-16(29-2)9-7-15)25-22(27-23)28-12-10-19-17(11-14-32-19)20(28)18-5-4-13-31-18/h4-9,11,13-14,20H,3,10,12H2,1-2H3,(H,24,25,26,27). The molecule has 0 amide bonds. The fourth-order valence-corrected chi connectivity index (χ4v) is 4.72. The third kappa shape index (κ3) is 3.99. The van der Waals surface area contributed by atoms with Crippen LogP contribution in [0.5, 0.6) is 11.8 Å². The first-order chi connectivity index (χ1) is 15.7. The van der Waals surface area contributed by atoms with Crippen LogP contribution in [0.2, 0.25) is 0 Å². The van der Waals surface area contributed by atoms with Gasteiger partial charge in [-0.25, -0.2) is 0 Å². The van der Waals surface area contributed by atoms with Crippen molar-refractivity contribution in [1.82, 2.24) is 15.0 Å². The van der Waals surface area contributed by atoms with Gasteiger partial charge in [-0.05, 0) is 66.8 Å². The number of ether oxygens (including phenoxy) is 2. The molecule has 0 saturated heterocycles. The van der Waals surface area contributed by atoms with Crippen molar-refractivity contribution in [3.63, 3.8) is 0 Å². The second-order valence-corrected chi connectivity index (χ2v) is 8.19. The molecule has 9 heteroatoms. The van der Waals surface area contributed by atoms with Gasteiger partial charge in [0.05, 0.1) is 20.0 Å². The van der Waals surface area contributed by atoms with E-state index >= 15 is 0 Å². The smallest absolute Gasteiger partial charge is 0.323 e. The lowest BCUT2D eigenvalue weighted by atomic mass is 9.98. The Morgan fingerprint density at radius 1 is 1.16 bits per heavy atom. The van der Waals surface area contributed by atoms with E-state index in [1.807, 2.05) is 43.3 Å². The van der Waals surface area contributed by atoms with E-state index in [-0.39, 0.29) is 12.1 Å². The number of methoxy groups -OCH3 is 1. The van der Waals surface area contributed by atoms with Crippen LogP contribution in [0.25, 0.3) is 0 Å². The maximum Gasteiger partial charge on any atom is 0.323 e. The van der Waals surface area contributed by atoms with Gasteiger partial charge in [0.2, 0.25) is 11.9 Å². The first-order valence-corrected chi connectivity index (χ1v) is 11.3. The van der Waals surface area contributed by atoms with E-state index in [4.69, 9.17) is 18.9 Å². The molecule has 1 aliphatic rings. The van der Waals surface area contributed by atoms with Gasteiger partial charge in [0.15, 0.2) is 0 Å². The van der Waals surface area contributed by atoms with Crippen LogP contribution in [0.3, 0.4) is 0 Å². The highest BCUT2D eigenvalue weighted by molar-refractivity contribution is 7.10. The lowest BCUT2D eigenvalue weighted by Crippen LogP contribution is -2.36. The SMILES string of the molecule is CCOc1nc(Nc2ccc(OC)cc2)nc(N2CCc3sccc3C2c2ccco2)n1. The first kappa shape index (κ1) is 20.3. The number of hydrogen-bond acceptors (Lipinski definition) is 9. The predicted octanol–water partition coefficient (Wildman–Crippen LogP) is 4.83. The van der Waals surface area contributed by atoms with E-state index in [1.165, 1.54) is 10.4 Å². The zero-order valence-corrected chi connectivity index (χ0v) is 18.6. The van der Waals surface area contributed by atoms with E-state index in [2.05, 4.69) is 31.6 Å². The van der Waals surface area contributed by atoms with Crippen molar-refractivity contribution >= 4 is 28.9 Å². The van der Waals surface area contributed by atoms with Gasteiger partial charge in [-0.2, -0.15) is 15.0 Å². The minimum absolute atomic E-state index is 0.106. The molecule has 0 radical (unpaired) electrons. The number of aromatic nitrogens is 3. The molecule has 4 heterocycles. The second-order valence-electron chi connectivity index (χ2n) is 7.19. The summed E-state index contributed by atoms with van der Waals surface area (Å²) < 4.78 is 16.7. The minimum Gasteiger partial charge on any atom is -0.497 e. The van der Waals surface area contributed by atoms with Crippen LogP contribution in [0, 0.1) is 0 Å². The summed E-state index contributed by atoms with van der Waals surface area (Å²) >= 11 is 1.77. The molecule has 5 rings (SSSR count). The maximum atomic E-state index is 5.81. The number of furan rings is 1. The van der Waals surface area contributed by atoms with Gasteiger partial charge in [-0.15, -0.1) is 11.3 Å². The molecular formula is C23H23N5O3S. The Kier molecular flexibility index (Phi) is 5.64. The summed E-state index contributed by atoms with van der Waals surface area (Å²) in [6, 6.07) is 13.8. The summed E-state index contributed by atoms with van der Waals surface area (Å²) in [4.78, 5) is 17.3. The highest BCUT2D eigenvalue weighted by atomic mass is 32.1. The van der Waals surface area contributed by atoms with E-state index in [1.54, 1.807) is 24.7 Å². The Bertz CT molecular complexity index is 1180. The van der Waals surface area contributed by atoms with Crippen LogP contribution in [-0.2, 0) is 6.42 Å². The molecule has 1 unspecified atom stereocenters. The van der Waals surface area contributed by atoms with Crippen molar-refractivity contribution in [2.45, 2.75) is 19.4 Å². The van der Waals surface area contributed by atoms with Crippen molar-refractivity contribution in [1.29, 1.82) is 0 Å². The predicted molar refractivity (Wildman–Crippen MR) is 123 cm³/mol. The highest BCUT2D eigenvalue weighted by Crippen LogP contribution is 2.40. The summed E-state index contributed by atoms with van der Waals surface area (Å²) in [5, 5.41) is 5.38. The average molecular weight is 450 g/mol. The van der Waals surface area contributed by atoms with Gasteiger partial charge < -0.3 is 24.1 Å². The molecule has 8 nitrogen and oxygen atoms in total. The zero-order valence-electron chi connectivity index (χ0n) is 17.8. The topological polar surface area (TPSA) is 85.5 Å². The average Bonchev–Trinajstić information content (AvgIpc) is 3.51. The van der Waals surface area contributed by atoms with Crippen LogP contribution < -0.4 is 19.7 Å². The fraction of sp³-hybridized carbons (Fsp3) is 0.261. The number of fused-ring (bicyclic) bond motifs is 1. The van der Waals surface area contributed by atoms with Crippen LogP contribution >= 0.6 is 11.3 Å². The van der Waals surface area contributed by atoms with Gasteiger partial charge >= 0.3 is 6.01 Å². The minimum atomic E-state index is -0.106. The maximum absolute atomic E-state index is 5.81. The van der Waals surface area contributed by atoms with Gasteiger partial charge in [-0.3, -0.25) is 0 Å². The molecule has 1 aliphatic heterocycles. The van der Waals surface area contributed by atoms with Crippen LogP contribution in [0.4, 0.5) is 17.6 Å². The van der Waals surface area contributed by atoms with Crippen molar-refractivity contribution in [3.05, 3.63) is 70.3 Å². The Morgan fingerprint density at radius 2 is 2.03 bits per heavy atom. The van der Waals surface area contributed by atoms with Gasteiger partial charge in [-0.1, -0.05) is 0 Å². The number of nitrogens with zero attached hydrogens (tertiary/aromatic N) is 4. The van der Waals surface area contributed by atoms with Crippen LogP contribution in [0.15, 0.2) is 58.5 Å². The van der Waals surface area contributed by atoms with Crippen molar-refractivity contribution in [2.75, 3.05) is 30.5 Å². The number of rotatable bonds is 7.